The maximum atomic E-state index is 3.73. The first kappa shape index (κ1) is 14.9. The first-order valence-corrected chi connectivity index (χ1v) is 8.08. The molecule has 106 valence electrons. The van der Waals surface area contributed by atoms with Gasteiger partial charge in [0.05, 0.1) is 5.69 Å². The molecule has 1 aliphatic rings. The highest BCUT2D eigenvalue weighted by Gasteiger charge is 2.25. The zero-order valence-electron chi connectivity index (χ0n) is 12.2. The summed E-state index contributed by atoms with van der Waals surface area (Å²) in [5.41, 5.74) is 2.64. The summed E-state index contributed by atoms with van der Waals surface area (Å²) in [5, 5.41) is 3.20. The van der Waals surface area contributed by atoms with Crippen LogP contribution in [0.4, 0.5) is 5.69 Å². The Morgan fingerprint density at radius 1 is 1.32 bits per heavy atom. The zero-order valence-corrected chi connectivity index (χ0v) is 13.8. The zero-order chi connectivity index (χ0) is 13.8. The summed E-state index contributed by atoms with van der Waals surface area (Å²) in [6.45, 7) is 3.31. The Balaban J connectivity index is 2.16. The fraction of sp³-hybridized carbons (Fsp3) is 0.625. The molecular weight excluding hydrogens is 300 g/mol. The molecule has 1 saturated carbocycles. The first-order chi connectivity index (χ1) is 9.13. The quantitative estimate of drug-likeness (QED) is 0.893. The Labute approximate surface area is 125 Å². The van der Waals surface area contributed by atoms with Gasteiger partial charge in [-0.05, 0) is 59.4 Å². The van der Waals surface area contributed by atoms with Crippen LogP contribution in [0.3, 0.4) is 0 Å². The molecule has 0 aliphatic heterocycles. The lowest BCUT2D eigenvalue weighted by molar-refractivity contribution is 0.321. The Morgan fingerprint density at radius 2 is 2.05 bits per heavy atom. The Bertz CT molecular complexity index is 419. The number of benzene rings is 1. The highest BCUT2D eigenvalue weighted by Crippen LogP contribution is 2.34. The molecule has 1 fully saturated rings. The molecule has 2 nitrogen and oxygen atoms in total. The molecule has 2 atom stereocenters. The SMILES string of the molecule is CNCc1ccc(N(C)C2CCCCC2C)c(Br)c1. The van der Waals surface area contributed by atoms with Gasteiger partial charge in [0.1, 0.15) is 0 Å². The summed E-state index contributed by atoms with van der Waals surface area (Å²) in [7, 11) is 4.22. The van der Waals surface area contributed by atoms with Gasteiger partial charge in [-0.25, -0.2) is 0 Å². The van der Waals surface area contributed by atoms with Crippen LogP contribution < -0.4 is 10.2 Å². The maximum Gasteiger partial charge on any atom is 0.0510 e. The molecule has 0 heterocycles. The topological polar surface area (TPSA) is 15.3 Å². The number of hydrogen-bond donors (Lipinski definition) is 1. The van der Waals surface area contributed by atoms with Gasteiger partial charge in [-0.3, -0.25) is 0 Å². The number of nitrogens with zero attached hydrogens (tertiary/aromatic N) is 1. The fourth-order valence-corrected chi connectivity index (χ4v) is 3.91. The fourth-order valence-electron chi connectivity index (χ4n) is 3.20. The van der Waals surface area contributed by atoms with Crippen molar-refractivity contribution in [2.75, 3.05) is 19.0 Å². The van der Waals surface area contributed by atoms with Crippen LogP contribution in [-0.2, 0) is 6.54 Å². The molecule has 2 rings (SSSR count). The standard InChI is InChI=1S/C16H25BrN2/c1-12-6-4-5-7-15(12)19(3)16-9-8-13(11-18-2)10-14(16)17/h8-10,12,15,18H,4-7,11H2,1-3H3. The van der Waals surface area contributed by atoms with Gasteiger partial charge >= 0.3 is 0 Å². The number of hydrogen-bond acceptors (Lipinski definition) is 2. The van der Waals surface area contributed by atoms with Crippen LogP contribution in [-0.4, -0.2) is 20.1 Å². The number of anilines is 1. The minimum absolute atomic E-state index is 0.681. The third-order valence-electron chi connectivity index (χ3n) is 4.34. The summed E-state index contributed by atoms with van der Waals surface area (Å²) in [6, 6.07) is 7.38. The van der Waals surface area contributed by atoms with E-state index in [1.165, 1.54) is 41.4 Å². The molecule has 1 aliphatic carbocycles. The van der Waals surface area contributed by atoms with Crippen LogP contribution in [0.2, 0.25) is 0 Å². The Kier molecular flexibility index (Phi) is 5.28. The van der Waals surface area contributed by atoms with Crippen molar-refractivity contribution < 1.29 is 0 Å². The van der Waals surface area contributed by atoms with Crippen LogP contribution >= 0.6 is 15.9 Å². The average molecular weight is 325 g/mol. The molecule has 1 aromatic carbocycles. The van der Waals surface area contributed by atoms with E-state index in [-0.39, 0.29) is 0 Å². The molecular formula is C16H25BrN2. The summed E-state index contributed by atoms with van der Waals surface area (Å²) >= 11 is 3.73. The van der Waals surface area contributed by atoms with Crippen molar-refractivity contribution in [1.29, 1.82) is 0 Å². The van der Waals surface area contributed by atoms with E-state index in [0.29, 0.717) is 6.04 Å². The van der Waals surface area contributed by atoms with Crippen molar-refractivity contribution in [3.63, 3.8) is 0 Å². The monoisotopic (exact) mass is 324 g/mol. The maximum absolute atomic E-state index is 3.73. The van der Waals surface area contributed by atoms with E-state index in [4.69, 9.17) is 0 Å². The van der Waals surface area contributed by atoms with E-state index < -0.39 is 0 Å². The highest BCUT2D eigenvalue weighted by molar-refractivity contribution is 9.10. The van der Waals surface area contributed by atoms with Crippen LogP contribution in [0.1, 0.15) is 38.2 Å². The molecule has 3 heteroatoms. The van der Waals surface area contributed by atoms with E-state index in [1.54, 1.807) is 0 Å². The molecule has 0 aromatic heterocycles. The van der Waals surface area contributed by atoms with Crippen molar-refractivity contribution >= 4 is 21.6 Å². The molecule has 2 unspecified atom stereocenters. The molecule has 0 spiro atoms. The smallest absolute Gasteiger partial charge is 0.0510 e. The van der Waals surface area contributed by atoms with E-state index >= 15 is 0 Å². The number of rotatable bonds is 4. The molecule has 1 aromatic rings. The Morgan fingerprint density at radius 3 is 2.68 bits per heavy atom. The van der Waals surface area contributed by atoms with Gasteiger partial charge in [-0.1, -0.05) is 25.8 Å². The van der Waals surface area contributed by atoms with Crippen molar-refractivity contribution in [1.82, 2.24) is 5.32 Å². The lowest BCUT2D eigenvalue weighted by Crippen LogP contribution is -2.39. The van der Waals surface area contributed by atoms with E-state index in [9.17, 15) is 0 Å². The second-order valence-corrected chi connectivity index (χ2v) is 6.61. The van der Waals surface area contributed by atoms with Crippen LogP contribution in [0.5, 0.6) is 0 Å². The van der Waals surface area contributed by atoms with Crippen molar-refractivity contribution in [2.45, 2.75) is 45.2 Å². The predicted molar refractivity (Wildman–Crippen MR) is 86.7 cm³/mol. The summed E-state index contributed by atoms with van der Waals surface area (Å²) in [5.74, 6) is 0.794. The van der Waals surface area contributed by atoms with Crippen molar-refractivity contribution in [3.8, 4) is 0 Å². The third-order valence-corrected chi connectivity index (χ3v) is 4.97. The van der Waals surface area contributed by atoms with E-state index in [2.05, 4.69) is 58.3 Å². The van der Waals surface area contributed by atoms with Gasteiger partial charge in [-0.15, -0.1) is 0 Å². The van der Waals surface area contributed by atoms with Gasteiger partial charge in [0.25, 0.3) is 0 Å². The lowest BCUT2D eigenvalue weighted by Gasteiger charge is -2.38. The Hall–Kier alpha value is -0.540. The lowest BCUT2D eigenvalue weighted by atomic mass is 9.85. The second kappa shape index (κ2) is 6.76. The molecule has 19 heavy (non-hydrogen) atoms. The summed E-state index contributed by atoms with van der Waals surface area (Å²) in [4.78, 5) is 2.47. The van der Waals surface area contributed by atoms with Crippen molar-refractivity contribution in [3.05, 3.63) is 28.2 Å². The first-order valence-electron chi connectivity index (χ1n) is 7.29. The third kappa shape index (κ3) is 3.51. The molecule has 1 N–H and O–H groups in total. The van der Waals surface area contributed by atoms with Crippen LogP contribution in [0.15, 0.2) is 22.7 Å². The van der Waals surface area contributed by atoms with E-state index in [0.717, 1.165) is 12.5 Å². The van der Waals surface area contributed by atoms with Gasteiger partial charge < -0.3 is 10.2 Å². The summed E-state index contributed by atoms with van der Waals surface area (Å²) < 4.78 is 1.21. The number of nitrogens with one attached hydrogen (secondary N) is 1. The average Bonchev–Trinajstić information content (AvgIpc) is 2.39. The predicted octanol–water partition coefficient (Wildman–Crippen LogP) is 4.18. The molecule has 0 amide bonds. The number of halogens is 1. The highest BCUT2D eigenvalue weighted by atomic mass is 79.9. The normalized spacial score (nSPS) is 23.4. The van der Waals surface area contributed by atoms with Crippen molar-refractivity contribution in [2.24, 2.45) is 5.92 Å². The molecule has 0 radical (unpaired) electrons. The largest absolute Gasteiger partial charge is 0.370 e. The van der Waals surface area contributed by atoms with Gasteiger partial charge in [0, 0.05) is 24.1 Å². The second-order valence-electron chi connectivity index (χ2n) is 5.76. The van der Waals surface area contributed by atoms with Gasteiger partial charge in [0.2, 0.25) is 0 Å². The van der Waals surface area contributed by atoms with Crippen LogP contribution in [0.25, 0.3) is 0 Å². The van der Waals surface area contributed by atoms with Gasteiger partial charge in [0.15, 0.2) is 0 Å². The molecule has 0 saturated heterocycles. The molecule has 0 bridgehead atoms. The summed E-state index contributed by atoms with van der Waals surface area (Å²) in [6.07, 6.45) is 5.45. The van der Waals surface area contributed by atoms with E-state index in [1.807, 2.05) is 7.05 Å². The minimum atomic E-state index is 0.681. The van der Waals surface area contributed by atoms with Crippen LogP contribution in [0, 0.1) is 5.92 Å². The minimum Gasteiger partial charge on any atom is -0.370 e. The van der Waals surface area contributed by atoms with Gasteiger partial charge in [-0.2, -0.15) is 0 Å².